The van der Waals surface area contributed by atoms with Gasteiger partial charge in [-0.15, -0.1) is 0 Å². The molecule has 5 atom stereocenters. The maximum Gasteiger partial charge on any atom is 0.326 e. The van der Waals surface area contributed by atoms with E-state index in [4.69, 9.17) is 22.9 Å². The molecule has 0 spiro atoms. The summed E-state index contributed by atoms with van der Waals surface area (Å²) in [4.78, 5) is 64.0. The Balaban J connectivity index is 5.42. The first kappa shape index (κ1) is 31.5. The Morgan fingerprint density at radius 2 is 1.49 bits per heavy atom. The van der Waals surface area contributed by atoms with Gasteiger partial charge in [-0.3, -0.25) is 24.2 Å². The third kappa shape index (κ3) is 12.5. The third-order valence-corrected chi connectivity index (χ3v) is 5.21. The number of carbonyl (C=O) groups excluding carboxylic acids is 4. The number of nitrogens with one attached hydrogen (secondary N) is 3. The molecular formula is C20H38N8O7. The Morgan fingerprint density at radius 3 is 1.97 bits per heavy atom. The molecule has 15 nitrogen and oxygen atoms in total. The lowest BCUT2D eigenvalue weighted by molar-refractivity contribution is -0.144. The van der Waals surface area contributed by atoms with E-state index < -0.39 is 60.4 Å². The standard InChI is InChI=1S/C20H38N8O7/c1-3-10(2)15(19(34)35)28-17(32)12(5-4-8-25-20(23)24)26-18(33)13(9-29)27-16(31)11(21)6-7-14(22)30/h10-13,15,29H,3-9,21H2,1-2H3,(H2,22,30)(H,26,33)(H,27,31)(H,28,32)(H,34,35)(H4,23,24,25). The maximum absolute atomic E-state index is 12.8. The second-order valence-electron chi connectivity index (χ2n) is 8.08. The molecule has 0 fully saturated rings. The van der Waals surface area contributed by atoms with Gasteiger partial charge in [0.15, 0.2) is 5.96 Å². The van der Waals surface area contributed by atoms with Crippen molar-refractivity contribution in [3.05, 3.63) is 0 Å². The van der Waals surface area contributed by atoms with Crippen LogP contribution in [0.15, 0.2) is 4.99 Å². The fraction of sp³-hybridized carbons (Fsp3) is 0.700. The predicted molar refractivity (Wildman–Crippen MR) is 126 cm³/mol. The zero-order chi connectivity index (χ0) is 27.1. The summed E-state index contributed by atoms with van der Waals surface area (Å²) in [7, 11) is 0. The van der Waals surface area contributed by atoms with Crippen LogP contribution >= 0.6 is 0 Å². The van der Waals surface area contributed by atoms with E-state index in [0.29, 0.717) is 6.42 Å². The zero-order valence-electron chi connectivity index (χ0n) is 20.0. The highest BCUT2D eigenvalue weighted by Gasteiger charge is 2.31. The Labute approximate surface area is 203 Å². The molecule has 35 heavy (non-hydrogen) atoms. The van der Waals surface area contributed by atoms with Crippen LogP contribution in [-0.2, 0) is 24.0 Å². The summed E-state index contributed by atoms with van der Waals surface area (Å²) in [6.45, 7) is 2.76. The van der Waals surface area contributed by atoms with Gasteiger partial charge < -0.3 is 49.1 Å². The molecule has 13 N–H and O–H groups in total. The van der Waals surface area contributed by atoms with E-state index in [1.807, 2.05) is 0 Å². The summed E-state index contributed by atoms with van der Waals surface area (Å²) >= 11 is 0. The number of aliphatic hydroxyl groups is 1. The topological polar surface area (TPSA) is 278 Å². The molecule has 0 rings (SSSR count). The number of guanidine groups is 1. The molecule has 15 heteroatoms. The molecule has 0 aliphatic heterocycles. The molecule has 0 aliphatic carbocycles. The minimum atomic E-state index is -1.46. The fourth-order valence-corrected chi connectivity index (χ4v) is 2.88. The zero-order valence-corrected chi connectivity index (χ0v) is 20.0. The first-order chi connectivity index (χ1) is 16.3. The number of carboxylic acids is 1. The van der Waals surface area contributed by atoms with E-state index in [1.54, 1.807) is 13.8 Å². The van der Waals surface area contributed by atoms with Crippen LogP contribution in [0.25, 0.3) is 0 Å². The number of rotatable bonds is 17. The second-order valence-corrected chi connectivity index (χ2v) is 8.08. The van der Waals surface area contributed by atoms with E-state index in [1.165, 1.54) is 0 Å². The minimum absolute atomic E-state index is 0.0332. The lowest BCUT2D eigenvalue weighted by Crippen LogP contribution is -2.58. The molecule has 0 radical (unpaired) electrons. The number of aliphatic carboxylic acids is 1. The molecule has 200 valence electrons. The summed E-state index contributed by atoms with van der Waals surface area (Å²) in [6, 6.07) is -5.02. The number of aliphatic hydroxyl groups excluding tert-OH is 1. The van der Waals surface area contributed by atoms with E-state index in [0.717, 1.165) is 0 Å². The molecule has 0 aromatic heterocycles. The van der Waals surface area contributed by atoms with Crippen LogP contribution in [0.2, 0.25) is 0 Å². The smallest absolute Gasteiger partial charge is 0.326 e. The minimum Gasteiger partial charge on any atom is -0.480 e. The van der Waals surface area contributed by atoms with Crippen molar-refractivity contribution in [2.75, 3.05) is 13.2 Å². The Bertz CT molecular complexity index is 773. The normalized spacial score (nSPS) is 15.0. The van der Waals surface area contributed by atoms with Crippen molar-refractivity contribution in [2.45, 2.75) is 70.1 Å². The average molecular weight is 503 g/mol. The molecule has 0 aromatic rings. The lowest BCUT2D eigenvalue weighted by atomic mass is 9.98. The largest absolute Gasteiger partial charge is 0.480 e. The lowest BCUT2D eigenvalue weighted by Gasteiger charge is -2.26. The van der Waals surface area contributed by atoms with Crippen molar-refractivity contribution in [3.63, 3.8) is 0 Å². The highest BCUT2D eigenvalue weighted by atomic mass is 16.4. The maximum atomic E-state index is 12.8. The first-order valence-corrected chi connectivity index (χ1v) is 11.2. The molecule has 0 bridgehead atoms. The van der Waals surface area contributed by atoms with E-state index in [2.05, 4.69) is 20.9 Å². The van der Waals surface area contributed by atoms with Gasteiger partial charge in [-0.1, -0.05) is 20.3 Å². The number of primary amides is 1. The van der Waals surface area contributed by atoms with Gasteiger partial charge >= 0.3 is 5.97 Å². The fourth-order valence-electron chi connectivity index (χ4n) is 2.88. The quantitative estimate of drug-likeness (QED) is 0.0531. The van der Waals surface area contributed by atoms with Crippen LogP contribution < -0.4 is 38.9 Å². The van der Waals surface area contributed by atoms with Gasteiger partial charge in [0.2, 0.25) is 23.6 Å². The number of nitrogens with two attached hydrogens (primary N) is 4. The van der Waals surface area contributed by atoms with Crippen molar-refractivity contribution in [2.24, 2.45) is 33.8 Å². The average Bonchev–Trinajstić information content (AvgIpc) is 2.79. The van der Waals surface area contributed by atoms with Crippen LogP contribution in [-0.4, -0.2) is 83.1 Å². The van der Waals surface area contributed by atoms with Crippen molar-refractivity contribution in [1.29, 1.82) is 0 Å². The Kier molecular flexibility index (Phi) is 14.6. The highest BCUT2D eigenvalue weighted by Crippen LogP contribution is 2.09. The Morgan fingerprint density at radius 1 is 0.914 bits per heavy atom. The summed E-state index contributed by atoms with van der Waals surface area (Å²) in [5.74, 6) is -4.91. The van der Waals surface area contributed by atoms with Gasteiger partial charge in [-0.25, -0.2) is 4.79 Å². The summed E-state index contributed by atoms with van der Waals surface area (Å²) in [5.41, 5.74) is 21.2. The van der Waals surface area contributed by atoms with Gasteiger partial charge in [-0.05, 0) is 25.2 Å². The molecule has 0 saturated heterocycles. The number of aliphatic imine (C=N–C) groups is 1. The van der Waals surface area contributed by atoms with Gasteiger partial charge in [0, 0.05) is 13.0 Å². The SMILES string of the molecule is CCC(C)C(NC(=O)C(CCCN=C(N)N)NC(=O)C(CO)NC(=O)C(N)CCC(N)=O)C(=O)O. The number of hydrogen-bond donors (Lipinski definition) is 9. The predicted octanol–water partition coefficient (Wildman–Crippen LogP) is -3.79. The monoisotopic (exact) mass is 502 g/mol. The molecular weight excluding hydrogens is 464 g/mol. The molecule has 0 saturated carbocycles. The molecule has 5 unspecified atom stereocenters. The number of carboxylic acid groups (broad SMARTS) is 1. The van der Waals surface area contributed by atoms with Crippen molar-refractivity contribution in [1.82, 2.24) is 16.0 Å². The second kappa shape index (κ2) is 16.2. The molecule has 0 heterocycles. The van der Waals surface area contributed by atoms with Crippen LogP contribution in [0.3, 0.4) is 0 Å². The first-order valence-electron chi connectivity index (χ1n) is 11.2. The van der Waals surface area contributed by atoms with Crippen LogP contribution in [0.5, 0.6) is 0 Å². The van der Waals surface area contributed by atoms with Crippen molar-refractivity contribution < 1.29 is 34.2 Å². The summed E-state index contributed by atoms with van der Waals surface area (Å²) in [5, 5.41) is 26.1. The summed E-state index contributed by atoms with van der Waals surface area (Å²) < 4.78 is 0. The number of amides is 4. The highest BCUT2D eigenvalue weighted by molar-refractivity contribution is 5.94. The number of carbonyl (C=O) groups is 5. The van der Waals surface area contributed by atoms with Crippen LogP contribution in [0.4, 0.5) is 0 Å². The van der Waals surface area contributed by atoms with Gasteiger partial charge in [0.1, 0.15) is 18.1 Å². The van der Waals surface area contributed by atoms with Crippen LogP contribution in [0, 0.1) is 5.92 Å². The Hall–Kier alpha value is -3.46. The summed E-state index contributed by atoms with van der Waals surface area (Å²) in [6.07, 6.45) is 0.552. The van der Waals surface area contributed by atoms with E-state index >= 15 is 0 Å². The van der Waals surface area contributed by atoms with E-state index in [9.17, 15) is 34.2 Å². The molecule has 0 aliphatic rings. The van der Waals surface area contributed by atoms with Gasteiger partial charge in [-0.2, -0.15) is 0 Å². The molecule has 0 aromatic carbocycles. The molecule has 4 amide bonds. The third-order valence-electron chi connectivity index (χ3n) is 5.21. The van der Waals surface area contributed by atoms with Gasteiger partial charge in [0.25, 0.3) is 0 Å². The van der Waals surface area contributed by atoms with Crippen LogP contribution in [0.1, 0.15) is 46.0 Å². The van der Waals surface area contributed by atoms with Crippen molar-refractivity contribution >= 4 is 35.6 Å². The number of nitrogens with zero attached hydrogens (tertiary/aromatic N) is 1. The number of hydrogen-bond acceptors (Lipinski definition) is 8. The van der Waals surface area contributed by atoms with Gasteiger partial charge in [0.05, 0.1) is 12.6 Å². The van der Waals surface area contributed by atoms with E-state index in [-0.39, 0.29) is 44.1 Å². The van der Waals surface area contributed by atoms with Crippen molar-refractivity contribution in [3.8, 4) is 0 Å².